The zero-order valence-electron chi connectivity index (χ0n) is 19.2. The Bertz CT molecular complexity index is 1340. The number of aromatic nitrogens is 2. The van der Waals surface area contributed by atoms with E-state index in [1.54, 1.807) is 42.1 Å². The van der Waals surface area contributed by atoms with Crippen molar-refractivity contribution < 1.29 is 19.4 Å². The number of nitrogens with zero attached hydrogens (tertiary/aromatic N) is 2. The van der Waals surface area contributed by atoms with Crippen molar-refractivity contribution in [3.05, 3.63) is 94.1 Å². The molecule has 0 radical (unpaired) electrons. The second kappa shape index (κ2) is 10.8. The highest BCUT2D eigenvalue weighted by Gasteiger charge is 2.24. The third-order valence-corrected chi connectivity index (χ3v) is 6.31. The summed E-state index contributed by atoms with van der Waals surface area (Å²) >= 11 is 12.4. The summed E-state index contributed by atoms with van der Waals surface area (Å²) < 4.78 is 12.6. The lowest BCUT2D eigenvalue weighted by Crippen LogP contribution is -2.15. The van der Waals surface area contributed by atoms with Crippen LogP contribution in [0.15, 0.2) is 72.8 Å². The molecule has 3 aromatic carbocycles. The number of ether oxygens (including phenoxy) is 2. The van der Waals surface area contributed by atoms with Crippen molar-refractivity contribution >= 4 is 29.2 Å². The highest BCUT2D eigenvalue weighted by atomic mass is 35.5. The lowest BCUT2D eigenvalue weighted by molar-refractivity contribution is -0.138. The minimum Gasteiger partial charge on any atom is -0.497 e. The van der Waals surface area contributed by atoms with Crippen molar-refractivity contribution in [3.63, 3.8) is 0 Å². The molecule has 180 valence electrons. The molecular formula is C27H24Cl2N2O4. The molecule has 1 unspecified atom stereocenters. The summed E-state index contributed by atoms with van der Waals surface area (Å²) in [5, 5.41) is 15.7. The van der Waals surface area contributed by atoms with Crippen LogP contribution in [0.25, 0.3) is 16.9 Å². The number of benzene rings is 3. The van der Waals surface area contributed by atoms with Gasteiger partial charge in [0.25, 0.3) is 0 Å². The molecule has 0 saturated carbocycles. The Kier molecular flexibility index (Phi) is 7.63. The number of carboxylic acids is 1. The van der Waals surface area contributed by atoms with E-state index in [1.807, 2.05) is 49.4 Å². The standard InChI is InChI=1S/C27H24Cl2N2O4/c1-3-35-22-6-4-5-17(13-22)23(27(32)33)15-19-16-26(18-7-12-24(28)25(29)14-18)31(30-19)20-8-10-21(34-2)11-9-20/h4-14,16,23H,3,15H2,1-2H3,(H,32,33). The summed E-state index contributed by atoms with van der Waals surface area (Å²) in [4.78, 5) is 12.2. The van der Waals surface area contributed by atoms with Gasteiger partial charge in [0.05, 0.1) is 46.8 Å². The highest BCUT2D eigenvalue weighted by molar-refractivity contribution is 6.42. The first-order valence-corrected chi connectivity index (χ1v) is 11.8. The Hall–Kier alpha value is -3.48. The minimum atomic E-state index is -0.936. The smallest absolute Gasteiger partial charge is 0.311 e. The third kappa shape index (κ3) is 5.61. The number of hydrogen-bond acceptors (Lipinski definition) is 4. The molecule has 8 heteroatoms. The first-order valence-electron chi connectivity index (χ1n) is 11.0. The fraction of sp³-hybridized carbons (Fsp3) is 0.185. The second-order valence-electron chi connectivity index (χ2n) is 7.86. The summed E-state index contributed by atoms with van der Waals surface area (Å²) in [6, 6.07) is 21.9. The number of carbonyl (C=O) groups is 1. The van der Waals surface area contributed by atoms with E-state index >= 15 is 0 Å². The van der Waals surface area contributed by atoms with Gasteiger partial charge in [-0.15, -0.1) is 0 Å². The van der Waals surface area contributed by atoms with Crippen LogP contribution in [0.4, 0.5) is 0 Å². The molecule has 0 aliphatic heterocycles. The maximum atomic E-state index is 12.2. The number of halogens is 2. The van der Waals surface area contributed by atoms with Gasteiger partial charge in [0.1, 0.15) is 11.5 Å². The largest absolute Gasteiger partial charge is 0.497 e. The lowest BCUT2D eigenvalue weighted by atomic mass is 9.94. The van der Waals surface area contributed by atoms with Crippen LogP contribution in [-0.2, 0) is 11.2 Å². The van der Waals surface area contributed by atoms with Gasteiger partial charge in [0, 0.05) is 12.0 Å². The van der Waals surface area contributed by atoms with E-state index < -0.39 is 11.9 Å². The van der Waals surface area contributed by atoms with Crippen LogP contribution in [0.2, 0.25) is 10.0 Å². The van der Waals surface area contributed by atoms with Crippen molar-refractivity contribution in [1.29, 1.82) is 0 Å². The molecule has 35 heavy (non-hydrogen) atoms. The fourth-order valence-electron chi connectivity index (χ4n) is 3.86. The predicted molar refractivity (Wildman–Crippen MR) is 137 cm³/mol. The molecule has 0 fully saturated rings. The average molecular weight is 511 g/mol. The maximum absolute atomic E-state index is 12.2. The number of hydrogen-bond donors (Lipinski definition) is 1. The molecule has 0 saturated heterocycles. The molecule has 1 N–H and O–H groups in total. The van der Waals surface area contributed by atoms with Gasteiger partial charge < -0.3 is 14.6 Å². The molecule has 4 rings (SSSR count). The monoisotopic (exact) mass is 510 g/mol. The van der Waals surface area contributed by atoms with Gasteiger partial charge in [-0.2, -0.15) is 5.10 Å². The van der Waals surface area contributed by atoms with Crippen LogP contribution in [0.3, 0.4) is 0 Å². The molecule has 1 heterocycles. The molecular weight excluding hydrogens is 487 g/mol. The highest BCUT2D eigenvalue weighted by Crippen LogP contribution is 2.32. The van der Waals surface area contributed by atoms with Crippen LogP contribution in [0, 0.1) is 0 Å². The van der Waals surface area contributed by atoms with Gasteiger partial charge in [0.15, 0.2) is 0 Å². The zero-order chi connectivity index (χ0) is 24.9. The van der Waals surface area contributed by atoms with Gasteiger partial charge in [-0.05, 0) is 67.1 Å². The van der Waals surface area contributed by atoms with Crippen molar-refractivity contribution in [3.8, 4) is 28.4 Å². The quantitative estimate of drug-likeness (QED) is 0.272. The Morgan fingerprint density at radius 1 is 1.00 bits per heavy atom. The average Bonchev–Trinajstić information content (AvgIpc) is 3.28. The SMILES string of the molecule is CCOc1cccc(C(Cc2cc(-c3ccc(Cl)c(Cl)c3)n(-c3ccc(OC)cc3)n2)C(=O)O)c1. The summed E-state index contributed by atoms with van der Waals surface area (Å²) in [6.45, 7) is 2.39. The van der Waals surface area contributed by atoms with Crippen molar-refractivity contribution in [2.24, 2.45) is 0 Å². The topological polar surface area (TPSA) is 73.6 Å². The normalized spacial score (nSPS) is 11.8. The number of rotatable bonds is 9. The molecule has 0 aliphatic rings. The molecule has 1 atom stereocenters. The van der Waals surface area contributed by atoms with Gasteiger partial charge >= 0.3 is 5.97 Å². The Balaban J connectivity index is 1.76. The Labute approximate surface area is 213 Å². The van der Waals surface area contributed by atoms with E-state index in [0.29, 0.717) is 33.7 Å². The van der Waals surface area contributed by atoms with E-state index in [-0.39, 0.29) is 6.42 Å². The number of carboxylic acid groups (broad SMARTS) is 1. The molecule has 0 spiro atoms. The summed E-state index contributed by atoms with van der Waals surface area (Å²) in [6.07, 6.45) is 0.197. The van der Waals surface area contributed by atoms with Crippen LogP contribution >= 0.6 is 23.2 Å². The van der Waals surface area contributed by atoms with Crippen molar-refractivity contribution in [1.82, 2.24) is 9.78 Å². The molecule has 4 aromatic rings. The van der Waals surface area contributed by atoms with Gasteiger partial charge in [0.2, 0.25) is 0 Å². The fourth-order valence-corrected chi connectivity index (χ4v) is 4.15. The summed E-state index contributed by atoms with van der Waals surface area (Å²) in [5.41, 5.74) is 3.63. The molecule has 0 amide bonds. The van der Waals surface area contributed by atoms with E-state index in [2.05, 4.69) is 0 Å². The molecule has 1 aromatic heterocycles. The predicted octanol–water partition coefficient (Wildman–Crippen LogP) is 6.66. The minimum absolute atomic E-state index is 0.197. The van der Waals surface area contributed by atoms with E-state index in [1.165, 1.54) is 0 Å². The van der Waals surface area contributed by atoms with Crippen LogP contribution in [0.5, 0.6) is 11.5 Å². The number of methoxy groups -OCH3 is 1. The summed E-state index contributed by atoms with van der Waals surface area (Å²) in [5.74, 6) is -0.376. The van der Waals surface area contributed by atoms with E-state index in [9.17, 15) is 9.90 Å². The number of aliphatic carboxylic acids is 1. The van der Waals surface area contributed by atoms with Crippen molar-refractivity contribution in [2.75, 3.05) is 13.7 Å². The Morgan fingerprint density at radius 3 is 2.43 bits per heavy atom. The zero-order valence-corrected chi connectivity index (χ0v) is 20.8. The van der Waals surface area contributed by atoms with Crippen LogP contribution in [0.1, 0.15) is 24.1 Å². The van der Waals surface area contributed by atoms with Crippen molar-refractivity contribution in [2.45, 2.75) is 19.3 Å². The van der Waals surface area contributed by atoms with E-state index in [4.69, 9.17) is 37.8 Å². The van der Waals surface area contributed by atoms with Gasteiger partial charge in [-0.25, -0.2) is 4.68 Å². The summed E-state index contributed by atoms with van der Waals surface area (Å²) in [7, 11) is 1.61. The van der Waals surface area contributed by atoms with Gasteiger partial charge in [-0.3, -0.25) is 4.79 Å². The molecule has 6 nitrogen and oxygen atoms in total. The lowest BCUT2D eigenvalue weighted by Gasteiger charge is -2.13. The molecule has 0 bridgehead atoms. The third-order valence-electron chi connectivity index (χ3n) is 5.58. The Morgan fingerprint density at radius 2 is 1.77 bits per heavy atom. The van der Waals surface area contributed by atoms with E-state index in [0.717, 1.165) is 22.7 Å². The first kappa shape index (κ1) is 24.6. The second-order valence-corrected chi connectivity index (χ2v) is 8.67. The van der Waals surface area contributed by atoms with Crippen LogP contribution < -0.4 is 9.47 Å². The maximum Gasteiger partial charge on any atom is 0.311 e. The first-order chi connectivity index (χ1) is 16.9. The van der Waals surface area contributed by atoms with Gasteiger partial charge in [-0.1, -0.05) is 41.4 Å². The molecule has 0 aliphatic carbocycles. The van der Waals surface area contributed by atoms with Crippen LogP contribution in [-0.4, -0.2) is 34.6 Å².